The van der Waals surface area contributed by atoms with E-state index in [1.165, 1.54) is 23.9 Å². The van der Waals surface area contributed by atoms with Gasteiger partial charge in [0.25, 0.3) is 0 Å². The maximum absolute atomic E-state index is 13.2. The molecule has 5 nitrogen and oxygen atoms in total. The van der Waals surface area contributed by atoms with Crippen molar-refractivity contribution in [3.63, 3.8) is 0 Å². The van der Waals surface area contributed by atoms with Crippen LogP contribution in [0.3, 0.4) is 0 Å². The maximum Gasteiger partial charge on any atom is 0.337 e. The first-order chi connectivity index (χ1) is 13.6. The van der Waals surface area contributed by atoms with Gasteiger partial charge in [0.15, 0.2) is 0 Å². The van der Waals surface area contributed by atoms with E-state index >= 15 is 0 Å². The predicted molar refractivity (Wildman–Crippen MR) is 108 cm³/mol. The van der Waals surface area contributed by atoms with Gasteiger partial charge in [0.05, 0.1) is 30.7 Å². The second-order valence-corrected chi connectivity index (χ2v) is 7.25. The van der Waals surface area contributed by atoms with Gasteiger partial charge in [-0.15, -0.1) is 0 Å². The molecule has 7 heteroatoms. The van der Waals surface area contributed by atoms with Gasteiger partial charge in [0.1, 0.15) is 11.6 Å². The number of carboxylic acid groups (broad SMARTS) is 1. The molecule has 0 saturated heterocycles. The third kappa shape index (κ3) is 3.36. The molecule has 0 amide bonds. The number of methoxy groups -OCH3 is 1. The molecule has 1 aliphatic heterocycles. The molecule has 142 valence electrons. The fourth-order valence-corrected chi connectivity index (χ4v) is 4.28. The molecule has 0 spiro atoms. The lowest BCUT2D eigenvalue weighted by Gasteiger charge is -2.34. The van der Waals surface area contributed by atoms with Gasteiger partial charge < -0.3 is 20.1 Å². The van der Waals surface area contributed by atoms with Gasteiger partial charge in [0.2, 0.25) is 0 Å². The first-order valence-corrected chi connectivity index (χ1v) is 9.37. The molecule has 1 heterocycles. The highest BCUT2D eigenvalue weighted by Gasteiger charge is 2.28. The highest BCUT2D eigenvalue weighted by molar-refractivity contribution is 7.99. The van der Waals surface area contributed by atoms with E-state index in [4.69, 9.17) is 4.74 Å². The molecule has 3 aromatic carbocycles. The zero-order chi connectivity index (χ0) is 19.7. The molecular formula is C21H17FN2O3S. The summed E-state index contributed by atoms with van der Waals surface area (Å²) in [6.07, 6.45) is 0. The molecule has 0 aromatic heterocycles. The molecule has 0 aliphatic carbocycles. The van der Waals surface area contributed by atoms with E-state index in [1.54, 1.807) is 31.4 Å². The highest BCUT2D eigenvalue weighted by Crippen LogP contribution is 2.50. The van der Waals surface area contributed by atoms with Gasteiger partial charge in [-0.25, -0.2) is 9.18 Å². The van der Waals surface area contributed by atoms with Crippen molar-refractivity contribution in [3.8, 4) is 5.75 Å². The Morgan fingerprint density at radius 3 is 2.64 bits per heavy atom. The number of rotatable bonds is 5. The Morgan fingerprint density at radius 1 is 1.14 bits per heavy atom. The number of hydrogen-bond acceptors (Lipinski definition) is 5. The Bertz CT molecular complexity index is 1040. The van der Waals surface area contributed by atoms with Gasteiger partial charge in [0, 0.05) is 15.5 Å². The van der Waals surface area contributed by atoms with Gasteiger partial charge in [-0.1, -0.05) is 17.8 Å². The standard InChI is InChI=1S/C21H17FN2O3S/c1-27-15-9-10-17-19(11-15)28-18-4-2-3-16(21(25)26)20(18)24(17)12-23-14-7-5-13(22)6-8-14/h2-11,23H,12H2,1H3,(H,25,26). The second-order valence-electron chi connectivity index (χ2n) is 6.16. The van der Waals surface area contributed by atoms with Crippen molar-refractivity contribution in [2.45, 2.75) is 9.79 Å². The molecule has 1 aliphatic rings. The zero-order valence-corrected chi connectivity index (χ0v) is 15.8. The van der Waals surface area contributed by atoms with Crippen molar-refractivity contribution < 1.29 is 19.0 Å². The van der Waals surface area contributed by atoms with E-state index in [1.807, 2.05) is 29.2 Å². The SMILES string of the molecule is COc1ccc2c(c1)Sc1cccc(C(=O)O)c1N2CNc1ccc(F)cc1. The van der Waals surface area contributed by atoms with E-state index in [-0.39, 0.29) is 11.4 Å². The summed E-state index contributed by atoms with van der Waals surface area (Å²) in [5.41, 5.74) is 2.48. The minimum absolute atomic E-state index is 0.229. The van der Waals surface area contributed by atoms with Gasteiger partial charge in [-0.05, 0) is 54.6 Å². The number of halogens is 1. The van der Waals surface area contributed by atoms with Crippen molar-refractivity contribution >= 4 is 34.8 Å². The number of anilines is 3. The predicted octanol–water partition coefficient (Wildman–Crippen LogP) is 5.20. The van der Waals surface area contributed by atoms with Crippen LogP contribution >= 0.6 is 11.8 Å². The van der Waals surface area contributed by atoms with E-state index < -0.39 is 5.97 Å². The van der Waals surface area contributed by atoms with Crippen molar-refractivity contribution in [3.05, 3.63) is 72.0 Å². The van der Waals surface area contributed by atoms with Crippen molar-refractivity contribution in [1.82, 2.24) is 0 Å². The molecule has 0 fully saturated rings. The van der Waals surface area contributed by atoms with E-state index in [0.29, 0.717) is 12.4 Å². The van der Waals surface area contributed by atoms with Crippen LogP contribution in [0, 0.1) is 5.82 Å². The number of fused-ring (bicyclic) bond motifs is 2. The molecule has 3 aromatic rings. The van der Waals surface area contributed by atoms with Crippen LogP contribution in [-0.4, -0.2) is 24.9 Å². The van der Waals surface area contributed by atoms with Crippen LogP contribution in [0.15, 0.2) is 70.5 Å². The molecule has 28 heavy (non-hydrogen) atoms. The summed E-state index contributed by atoms with van der Waals surface area (Å²) in [6.45, 7) is 0.322. The molecule has 2 N–H and O–H groups in total. The van der Waals surface area contributed by atoms with Crippen molar-refractivity contribution in [2.75, 3.05) is 24.0 Å². The average Bonchev–Trinajstić information content (AvgIpc) is 2.71. The van der Waals surface area contributed by atoms with Crippen LogP contribution in [0.25, 0.3) is 0 Å². The Labute approximate surface area is 165 Å². The smallest absolute Gasteiger partial charge is 0.337 e. The first kappa shape index (κ1) is 18.2. The summed E-state index contributed by atoms with van der Waals surface area (Å²) in [6, 6.07) is 17.0. The van der Waals surface area contributed by atoms with Gasteiger partial charge in [-0.3, -0.25) is 0 Å². The van der Waals surface area contributed by atoms with Gasteiger partial charge >= 0.3 is 5.97 Å². The van der Waals surface area contributed by atoms with Crippen LogP contribution in [0.4, 0.5) is 21.5 Å². The Balaban J connectivity index is 1.76. The summed E-state index contributed by atoms with van der Waals surface area (Å²) in [5.74, 6) is -0.562. The molecule has 0 saturated carbocycles. The number of carboxylic acids is 1. The number of ether oxygens (including phenoxy) is 1. The van der Waals surface area contributed by atoms with Crippen LogP contribution in [0.2, 0.25) is 0 Å². The number of carbonyl (C=O) groups is 1. The first-order valence-electron chi connectivity index (χ1n) is 8.56. The van der Waals surface area contributed by atoms with Gasteiger partial charge in [-0.2, -0.15) is 0 Å². The number of hydrogen-bond donors (Lipinski definition) is 2. The van der Waals surface area contributed by atoms with E-state index in [2.05, 4.69) is 5.32 Å². The summed E-state index contributed by atoms with van der Waals surface area (Å²) in [4.78, 5) is 15.6. The summed E-state index contributed by atoms with van der Waals surface area (Å²) in [5, 5.41) is 12.9. The molecule has 0 unspecified atom stereocenters. The Kier molecular flexibility index (Phi) is 4.83. The monoisotopic (exact) mass is 396 g/mol. The average molecular weight is 396 g/mol. The molecule has 0 atom stereocenters. The number of aromatic carboxylic acids is 1. The van der Waals surface area contributed by atoms with Crippen LogP contribution in [-0.2, 0) is 0 Å². The fourth-order valence-electron chi connectivity index (χ4n) is 3.12. The largest absolute Gasteiger partial charge is 0.497 e. The Morgan fingerprint density at radius 2 is 1.93 bits per heavy atom. The molecule has 0 radical (unpaired) electrons. The zero-order valence-electron chi connectivity index (χ0n) is 15.0. The summed E-state index contributed by atoms with van der Waals surface area (Å²) < 4.78 is 18.5. The number of nitrogens with one attached hydrogen (secondary N) is 1. The minimum Gasteiger partial charge on any atom is -0.497 e. The quantitative estimate of drug-likeness (QED) is 0.618. The Hall–Kier alpha value is -3.19. The van der Waals surface area contributed by atoms with Crippen molar-refractivity contribution in [2.24, 2.45) is 0 Å². The lowest BCUT2D eigenvalue weighted by molar-refractivity contribution is 0.0697. The summed E-state index contributed by atoms with van der Waals surface area (Å²) in [7, 11) is 1.61. The number of para-hydroxylation sites is 1. The van der Waals surface area contributed by atoms with E-state index in [9.17, 15) is 14.3 Å². The topological polar surface area (TPSA) is 61.8 Å². The molecule has 0 bridgehead atoms. The second kappa shape index (κ2) is 7.44. The third-order valence-electron chi connectivity index (χ3n) is 4.46. The lowest BCUT2D eigenvalue weighted by Crippen LogP contribution is -2.28. The number of benzene rings is 3. The minimum atomic E-state index is -0.985. The third-order valence-corrected chi connectivity index (χ3v) is 5.56. The normalized spacial score (nSPS) is 12.1. The van der Waals surface area contributed by atoms with E-state index in [0.717, 1.165) is 26.9 Å². The van der Waals surface area contributed by atoms with Crippen molar-refractivity contribution in [1.29, 1.82) is 0 Å². The fraction of sp³-hybridized carbons (Fsp3) is 0.0952. The number of nitrogens with zero attached hydrogens (tertiary/aromatic N) is 1. The maximum atomic E-state index is 13.2. The van der Waals surface area contributed by atoms with Crippen LogP contribution in [0.5, 0.6) is 5.75 Å². The highest BCUT2D eigenvalue weighted by atomic mass is 32.2. The lowest BCUT2D eigenvalue weighted by atomic mass is 10.1. The summed E-state index contributed by atoms with van der Waals surface area (Å²) >= 11 is 1.51. The molecular weight excluding hydrogens is 379 g/mol. The van der Waals surface area contributed by atoms with Crippen LogP contribution < -0.4 is 15.0 Å². The molecule has 4 rings (SSSR count). The van der Waals surface area contributed by atoms with Crippen LogP contribution in [0.1, 0.15) is 10.4 Å².